The third kappa shape index (κ3) is 5.37. The van der Waals surface area contributed by atoms with Gasteiger partial charge < -0.3 is 15.0 Å². The molecule has 1 unspecified atom stereocenters. The number of aliphatic hydroxyl groups excluding tert-OH is 1. The fourth-order valence-electron chi connectivity index (χ4n) is 2.05. The molecule has 2 N–H and O–H groups in total. The molecular formula is C14H26N2O. The van der Waals surface area contributed by atoms with Crippen molar-refractivity contribution in [2.24, 2.45) is 5.92 Å². The largest absolute Gasteiger partial charge is 0.396 e. The fourth-order valence-corrected chi connectivity index (χ4v) is 2.05. The predicted octanol–water partition coefficient (Wildman–Crippen LogP) is 2.40. The number of aryl methyl sites for hydroxylation is 1. The third-order valence-corrected chi connectivity index (χ3v) is 3.17. The zero-order valence-corrected chi connectivity index (χ0v) is 11.2. The van der Waals surface area contributed by atoms with Crippen molar-refractivity contribution in [3.8, 4) is 0 Å². The van der Waals surface area contributed by atoms with Gasteiger partial charge in [-0.05, 0) is 36.9 Å². The van der Waals surface area contributed by atoms with Gasteiger partial charge in [-0.25, -0.2) is 0 Å². The van der Waals surface area contributed by atoms with Crippen molar-refractivity contribution < 1.29 is 5.11 Å². The Balaban J connectivity index is 2.24. The maximum Gasteiger partial charge on any atom is 0.0434 e. The molecular weight excluding hydrogens is 212 g/mol. The van der Waals surface area contributed by atoms with Crippen molar-refractivity contribution >= 4 is 0 Å². The Morgan fingerprint density at radius 1 is 1.41 bits per heavy atom. The highest BCUT2D eigenvalue weighted by molar-refractivity contribution is 5.09. The molecule has 1 heterocycles. The van der Waals surface area contributed by atoms with Crippen LogP contribution in [0, 0.1) is 5.92 Å². The molecule has 17 heavy (non-hydrogen) atoms. The van der Waals surface area contributed by atoms with Crippen LogP contribution in [0.5, 0.6) is 0 Å². The Morgan fingerprint density at radius 2 is 2.24 bits per heavy atom. The topological polar surface area (TPSA) is 37.2 Å². The van der Waals surface area contributed by atoms with E-state index in [1.54, 1.807) is 0 Å². The fraction of sp³-hybridized carbons (Fsp3) is 0.714. The molecule has 0 bridgehead atoms. The minimum absolute atomic E-state index is 0.299. The number of hydrogen-bond donors (Lipinski definition) is 2. The zero-order valence-electron chi connectivity index (χ0n) is 11.2. The molecule has 98 valence electrons. The number of hydrogen-bond acceptors (Lipinski definition) is 2. The van der Waals surface area contributed by atoms with Gasteiger partial charge in [-0.3, -0.25) is 0 Å². The Labute approximate surface area is 105 Å². The Bertz CT molecular complexity index is 296. The lowest BCUT2D eigenvalue weighted by atomic mass is 10.0. The number of aromatic nitrogens is 1. The van der Waals surface area contributed by atoms with E-state index in [0.29, 0.717) is 12.5 Å². The van der Waals surface area contributed by atoms with Crippen LogP contribution in [-0.4, -0.2) is 22.8 Å². The first-order chi connectivity index (χ1) is 8.30. The van der Waals surface area contributed by atoms with Crippen molar-refractivity contribution in [1.82, 2.24) is 9.88 Å². The summed E-state index contributed by atoms with van der Waals surface area (Å²) in [5.41, 5.74) is 1.34. The Morgan fingerprint density at radius 3 is 2.88 bits per heavy atom. The van der Waals surface area contributed by atoms with Gasteiger partial charge in [0.1, 0.15) is 0 Å². The minimum Gasteiger partial charge on any atom is -0.396 e. The molecule has 0 radical (unpaired) electrons. The van der Waals surface area contributed by atoms with E-state index in [1.807, 2.05) is 0 Å². The lowest BCUT2D eigenvalue weighted by molar-refractivity contribution is 0.251. The summed E-state index contributed by atoms with van der Waals surface area (Å²) in [6, 6.07) is 2.18. The van der Waals surface area contributed by atoms with Crippen LogP contribution in [0.15, 0.2) is 18.5 Å². The van der Waals surface area contributed by atoms with Crippen molar-refractivity contribution in [3.05, 3.63) is 24.0 Å². The van der Waals surface area contributed by atoms with Crippen LogP contribution in [0.2, 0.25) is 0 Å². The Kier molecular flexibility index (Phi) is 6.97. The number of aliphatic hydroxyl groups is 1. The number of nitrogens with one attached hydrogen (secondary N) is 1. The van der Waals surface area contributed by atoms with Crippen LogP contribution in [0.1, 0.15) is 38.7 Å². The highest BCUT2D eigenvalue weighted by atomic mass is 16.3. The number of nitrogens with zero attached hydrogens (tertiary/aromatic N) is 1. The van der Waals surface area contributed by atoms with E-state index >= 15 is 0 Å². The van der Waals surface area contributed by atoms with Gasteiger partial charge in [0.05, 0.1) is 0 Å². The second-order valence-electron chi connectivity index (χ2n) is 4.68. The standard InChI is InChI=1S/C14H26N2O/c1-3-7-16-8-5-14(12-16)11-15-10-13(4-2)6-9-17/h5,8,12-13,15,17H,3-4,6-7,9-11H2,1-2H3. The average Bonchev–Trinajstić information content (AvgIpc) is 2.76. The summed E-state index contributed by atoms with van der Waals surface area (Å²) in [4.78, 5) is 0. The summed E-state index contributed by atoms with van der Waals surface area (Å²) in [5.74, 6) is 0.595. The van der Waals surface area contributed by atoms with Crippen LogP contribution in [0.4, 0.5) is 0 Å². The van der Waals surface area contributed by atoms with Gasteiger partial charge in [-0.2, -0.15) is 0 Å². The van der Waals surface area contributed by atoms with Crippen molar-refractivity contribution in [1.29, 1.82) is 0 Å². The van der Waals surface area contributed by atoms with Gasteiger partial charge in [0, 0.05) is 32.1 Å². The van der Waals surface area contributed by atoms with Gasteiger partial charge in [0.2, 0.25) is 0 Å². The first-order valence-electron chi connectivity index (χ1n) is 6.76. The van der Waals surface area contributed by atoms with Crippen molar-refractivity contribution in [2.75, 3.05) is 13.2 Å². The molecule has 3 heteroatoms. The molecule has 1 atom stereocenters. The molecule has 0 aliphatic heterocycles. The van der Waals surface area contributed by atoms with Crippen LogP contribution >= 0.6 is 0 Å². The van der Waals surface area contributed by atoms with Crippen LogP contribution in [-0.2, 0) is 13.1 Å². The molecule has 1 aromatic rings. The normalized spacial score (nSPS) is 12.9. The quantitative estimate of drug-likeness (QED) is 0.693. The molecule has 0 aliphatic carbocycles. The molecule has 1 aromatic heterocycles. The summed E-state index contributed by atoms with van der Waals surface area (Å²) in [7, 11) is 0. The lowest BCUT2D eigenvalue weighted by Crippen LogP contribution is -2.22. The van der Waals surface area contributed by atoms with E-state index in [1.165, 1.54) is 12.0 Å². The van der Waals surface area contributed by atoms with E-state index in [9.17, 15) is 0 Å². The highest BCUT2D eigenvalue weighted by Crippen LogP contribution is 2.07. The van der Waals surface area contributed by atoms with E-state index in [4.69, 9.17) is 5.11 Å². The third-order valence-electron chi connectivity index (χ3n) is 3.17. The summed E-state index contributed by atoms with van der Waals surface area (Å²) in [6.07, 6.45) is 7.57. The van der Waals surface area contributed by atoms with E-state index in [-0.39, 0.29) is 0 Å². The van der Waals surface area contributed by atoms with Crippen molar-refractivity contribution in [3.63, 3.8) is 0 Å². The maximum absolute atomic E-state index is 8.92. The minimum atomic E-state index is 0.299. The van der Waals surface area contributed by atoms with Crippen molar-refractivity contribution in [2.45, 2.75) is 46.2 Å². The molecule has 3 nitrogen and oxygen atoms in total. The monoisotopic (exact) mass is 238 g/mol. The van der Waals surface area contributed by atoms with Crippen LogP contribution in [0.25, 0.3) is 0 Å². The molecule has 1 rings (SSSR count). The highest BCUT2D eigenvalue weighted by Gasteiger charge is 2.05. The van der Waals surface area contributed by atoms with Gasteiger partial charge in [0.25, 0.3) is 0 Å². The van der Waals surface area contributed by atoms with Gasteiger partial charge >= 0.3 is 0 Å². The molecule has 0 amide bonds. The molecule has 0 fully saturated rings. The summed E-state index contributed by atoms with van der Waals surface area (Å²) in [6.45, 7) is 7.70. The summed E-state index contributed by atoms with van der Waals surface area (Å²) >= 11 is 0. The second-order valence-corrected chi connectivity index (χ2v) is 4.68. The SMILES string of the molecule is CCCn1ccc(CNCC(CC)CCO)c1. The molecule has 0 saturated carbocycles. The molecule has 0 spiro atoms. The summed E-state index contributed by atoms with van der Waals surface area (Å²) in [5, 5.41) is 12.4. The smallest absolute Gasteiger partial charge is 0.0434 e. The van der Waals surface area contributed by atoms with Gasteiger partial charge in [-0.1, -0.05) is 20.3 Å². The van der Waals surface area contributed by atoms with E-state index in [0.717, 1.165) is 32.5 Å². The zero-order chi connectivity index (χ0) is 12.5. The first kappa shape index (κ1) is 14.3. The first-order valence-corrected chi connectivity index (χ1v) is 6.76. The van der Waals surface area contributed by atoms with Gasteiger partial charge in [0.15, 0.2) is 0 Å². The number of rotatable bonds is 9. The molecule has 0 aliphatic rings. The average molecular weight is 238 g/mol. The van der Waals surface area contributed by atoms with E-state index in [2.05, 4.69) is 42.2 Å². The van der Waals surface area contributed by atoms with Gasteiger partial charge in [-0.15, -0.1) is 0 Å². The predicted molar refractivity (Wildman–Crippen MR) is 71.9 cm³/mol. The van der Waals surface area contributed by atoms with Crippen LogP contribution in [0.3, 0.4) is 0 Å². The second kappa shape index (κ2) is 8.31. The molecule has 0 aromatic carbocycles. The van der Waals surface area contributed by atoms with E-state index < -0.39 is 0 Å². The Hall–Kier alpha value is -0.800. The lowest BCUT2D eigenvalue weighted by Gasteiger charge is -2.13. The summed E-state index contributed by atoms with van der Waals surface area (Å²) < 4.78 is 2.24. The maximum atomic E-state index is 8.92. The van der Waals surface area contributed by atoms with Crippen LogP contribution < -0.4 is 5.32 Å². The molecule has 0 saturated heterocycles.